The first-order chi connectivity index (χ1) is 9.03. The van der Waals surface area contributed by atoms with Crippen molar-refractivity contribution in [2.24, 2.45) is 5.41 Å². The molecule has 1 heterocycles. The van der Waals surface area contributed by atoms with Crippen LogP contribution in [-0.4, -0.2) is 22.0 Å². The standard InChI is InChI=1S/C14H16ClN3O/c1-14(2,9-15)13(19)17-11-5-3-4-10(8-11)12-6-7-16-18-12/h3-8H,9H2,1-2H3,(H,16,18)(H,17,19). The van der Waals surface area contributed by atoms with E-state index in [1.807, 2.05) is 44.2 Å². The van der Waals surface area contributed by atoms with Crippen LogP contribution in [0.2, 0.25) is 0 Å². The molecule has 19 heavy (non-hydrogen) atoms. The van der Waals surface area contributed by atoms with Crippen molar-refractivity contribution in [3.63, 3.8) is 0 Å². The number of aromatic amines is 1. The molecule has 1 aromatic carbocycles. The zero-order valence-electron chi connectivity index (χ0n) is 10.9. The minimum absolute atomic E-state index is 0.0933. The zero-order valence-corrected chi connectivity index (χ0v) is 11.7. The van der Waals surface area contributed by atoms with E-state index in [-0.39, 0.29) is 11.8 Å². The van der Waals surface area contributed by atoms with E-state index in [1.165, 1.54) is 0 Å². The highest BCUT2D eigenvalue weighted by Crippen LogP contribution is 2.23. The molecule has 0 saturated carbocycles. The van der Waals surface area contributed by atoms with Crippen LogP contribution in [0.3, 0.4) is 0 Å². The summed E-state index contributed by atoms with van der Waals surface area (Å²) in [4.78, 5) is 12.0. The Morgan fingerprint density at radius 3 is 2.84 bits per heavy atom. The minimum atomic E-state index is -0.592. The first-order valence-electron chi connectivity index (χ1n) is 6.00. The van der Waals surface area contributed by atoms with Crippen molar-refractivity contribution >= 4 is 23.2 Å². The number of nitrogens with one attached hydrogen (secondary N) is 2. The SMILES string of the molecule is CC(C)(CCl)C(=O)Nc1cccc(-c2ccn[nH]2)c1. The van der Waals surface area contributed by atoms with Crippen molar-refractivity contribution < 1.29 is 4.79 Å². The number of hydrogen-bond acceptors (Lipinski definition) is 2. The molecule has 0 aliphatic carbocycles. The molecule has 1 amide bonds. The Hall–Kier alpha value is -1.81. The van der Waals surface area contributed by atoms with Crippen LogP contribution in [0.5, 0.6) is 0 Å². The number of aromatic nitrogens is 2. The molecular formula is C14H16ClN3O. The lowest BCUT2D eigenvalue weighted by Gasteiger charge is -2.20. The molecule has 1 aromatic heterocycles. The van der Waals surface area contributed by atoms with E-state index < -0.39 is 5.41 Å². The summed E-state index contributed by atoms with van der Waals surface area (Å²) in [6.45, 7) is 3.63. The number of halogens is 1. The molecule has 5 heteroatoms. The molecule has 0 aliphatic rings. The van der Waals surface area contributed by atoms with Gasteiger partial charge in [0.15, 0.2) is 0 Å². The largest absolute Gasteiger partial charge is 0.326 e. The second-order valence-electron chi connectivity index (χ2n) is 5.02. The van der Waals surface area contributed by atoms with Crippen LogP contribution < -0.4 is 5.32 Å². The van der Waals surface area contributed by atoms with Crippen LogP contribution in [0.1, 0.15) is 13.8 Å². The van der Waals surface area contributed by atoms with Gasteiger partial charge in [-0.15, -0.1) is 11.6 Å². The molecule has 0 saturated heterocycles. The summed E-state index contributed by atoms with van der Waals surface area (Å²) < 4.78 is 0. The lowest BCUT2D eigenvalue weighted by Crippen LogP contribution is -2.32. The van der Waals surface area contributed by atoms with Crippen LogP contribution in [0.4, 0.5) is 5.69 Å². The molecule has 0 radical (unpaired) electrons. The van der Waals surface area contributed by atoms with E-state index >= 15 is 0 Å². The number of amides is 1. The summed E-state index contributed by atoms with van der Waals surface area (Å²) >= 11 is 5.79. The van der Waals surface area contributed by atoms with Crippen molar-refractivity contribution in [3.8, 4) is 11.3 Å². The van der Waals surface area contributed by atoms with Gasteiger partial charge in [0.1, 0.15) is 0 Å². The van der Waals surface area contributed by atoms with Crippen molar-refractivity contribution in [3.05, 3.63) is 36.5 Å². The van der Waals surface area contributed by atoms with Gasteiger partial charge in [-0.05, 0) is 32.0 Å². The fourth-order valence-electron chi connectivity index (χ4n) is 1.54. The zero-order chi connectivity index (χ0) is 13.9. The summed E-state index contributed by atoms with van der Waals surface area (Å²) in [6, 6.07) is 9.47. The number of H-pyrrole nitrogens is 1. The lowest BCUT2D eigenvalue weighted by molar-refractivity contribution is -0.122. The third-order valence-corrected chi connectivity index (χ3v) is 3.55. The van der Waals surface area contributed by atoms with Crippen molar-refractivity contribution in [2.45, 2.75) is 13.8 Å². The Morgan fingerprint density at radius 1 is 1.42 bits per heavy atom. The molecule has 0 atom stereocenters. The van der Waals surface area contributed by atoms with Gasteiger partial charge in [-0.3, -0.25) is 9.89 Å². The predicted octanol–water partition coefficient (Wildman–Crippen LogP) is 3.28. The maximum absolute atomic E-state index is 12.0. The van der Waals surface area contributed by atoms with Gasteiger partial charge in [0.25, 0.3) is 0 Å². The molecule has 0 spiro atoms. The molecule has 100 valence electrons. The number of rotatable bonds is 4. The third-order valence-electron chi connectivity index (χ3n) is 2.88. The van der Waals surface area contributed by atoms with Crippen LogP contribution in [-0.2, 0) is 4.79 Å². The monoisotopic (exact) mass is 277 g/mol. The molecule has 2 N–H and O–H groups in total. The van der Waals surface area contributed by atoms with Gasteiger partial charge in [0.2, 0.25) is 5.91 Å². The second-order valence-corrected chi connectivity index (χ2v) is 5.29. The van der Waals surface area contributed by atoms with E-state index in [0.29, 0.717) is 0 Å². The van der Waals surface area contributed by atoms with E-state index in [0.717, 1.165) is 16.9 Å². The second kappa shape index (κ2) is 5.45. The average Bonchev–Trinajstić information content (AvgIpc) is 2.93. The Kier molecular flexibility index (Phi) is 3.90. The first kappa shape index (κ1) is 13.6. The van der Waals surface area contributed by atoms with Crippen LogP contribution in [0, 0.1) is 5.41 Å². The topological polar surface area (TPSA) is 57.8 Å². The summed E-state index contributed by atoms with van der Waals surface area (Å²) in [5.74, 6) is 0.184. The fraction of sp³-hybridized carbons (Fsp3) is 0.286. The minimum Gasteiger partial charge on any atom is -0.326 e. The predicted molar refractivity (Wildman–Crippen MR) is 77.2 cm³/mol. The van der Waals surface area contributed by atoms with E-state index in [4.69, 9.17) is 11.6 Å². The Bertz CT molecular complexity index is 564. The van der Waals surface area contributed by atoms with Gasteiger partial charge in [0.05, 0.1) is 11.1 Å². The smallest absolute Gasteiger partial charge is 0.231 e. The summed E-state index contributed by atoms with van der Waals surface area (Å²) in [5.41, 5.74) is 2.04. The molecule has 2 rings (SSSR count). The van der Waals surface area contributed by atoms with Crippen molar-refractivity contribution in [2.75, 3.05) is 11.2 Å². The van der Waals surface area contributed by atoms with Gasteiger partial charge in [-0.2, -0.15) is 5.10 Å². The van der Waals surface area contributed by atoms with Gasteiger partial charge in [0, 0.05) is 23.3 Å². The van der Waals surface area contributed by atoms with Gasteiger partial charge < -0.3 is 5.32 Å². The third kappa shape index (κ3) is 3.15. The highest BCUT2D eigenvalue weighted by atomic mass is 35.5. The maximum Gasteiger partial charge on any atom is 0.231 e. The number of carbonyl (C=O) groups excluding carboxylic acids is 1. The Balaban J connectivity index is 2.19. The Labute approximate surface area is 117 Å². The van der Waals surface area contributed by atoms with Crippen LogP contribution >= 0.6 is 11.6 Å². The fourth-order valence-corrected chi connectivity index (χ4v) is 1.66. The van der Waals surface area contributed by atoms with Crippen molar-refractivity contribution in [1.29, 1.82) is 0 Å². The van der Waals surface area contributed by atoms with E-state index in [2.05, 4.69) is 15.5 Å². The molecule has 4 nitrogen and oxygen atoms in total. The molecule has 0 bridgehead atoms. The maximum atomic E-state index is 12.0. The van der Waals surface area contributed by atoms with Crippen LogP contribution in [0.15, 0.2) is 36.5 Å². The van der Waals surface area contributed by atoms with Gasteiger partial charge in [-0.1, -0.05) is 12.1 Å². The Morgan fingerprint density at radius 2 is 2.21 bits per heavy atom. The average molecular weight is 278 g/mol. The summed E-state index contributed by atoms with van der Waals surface area (Å²) in [5, 5.41) is 9.68. The van der Waals surface area contributed by atoms with E-state index in [9.17, 15) is 4.79 Å². The van der Waals surface area contributed by atoms with Gasteiger partial charge in [-0.25, -0.2) is 0 Å². The molecular weight excluding hydrogens is 262 g/mol. The number of nitrogens with zero attached hydrogens (tertiary/aromatic N) is 1. The normalized spacial score (nSPS) is 11.3. The number of hydrogen-bond donors (Lipinski definition) is 2. The first-order valence-corrected chi connectivity index (χ1v) is 6.53. The summed E-state index contributed by atoms with van der Waals surface area (Å²) in [6.07, 6.45) is 1.69. The highest BCUT2D eigenvalue weighted by Gasteiger charge is 2.26. The quantitative estimate of drug-likeness (QED) is 0.843. The number of anilines is 1. The van der Waals surface area contributed by atoms with Crippen molar-refractivity contribution in [1.82, 2.24) is 10.2 Å². The summed E-state index contributed by atoms with van der Waals surface area (Å²) in [7, 11) is 0. The van der Waals surface area contributed by atoms with E-state index in [1.54, 1.807) is 6.20 Å². The number of carbonyl (C=O) groups is 1. The van der Waals surface area contributed by atoms with Gasteiger partial charge >= 0.3 is 0 Å². The number of alkyl halides is 1. The van der Waals surface area contributed by atoms with Crippen LogP contribution in [0.25, 0.3) is 11.3 Å². The number of benzene rings is 1. The lowest BCUT2D eigenvalue weighted by atomic mass is 9.95. The molecule has 2 aromatic rings. The highest BCUT2D eigenvalue weighted by molar-refractivity contribution is 6.20. The molecule has 0 aliphatic heterocycles. The molecule has 0 unspecified atom stereocenters. The molecule has 0 fully saturated rings.